The van der Waals surface area contributed by atoms with E-state index < -0.39 is 0 Å². The van der Waals surface area contributed by atoms with Crippen LogP contribution < -0.4 is 10.6 Å². The lowest BCUT2D eigenvalue weighted by atomic mass is 9.82. The van der Waals surface area contributed by atoms with Crippen LogP contribution in [0.4, 0.5) is 11.6 Å². The third-order valence-electron chi connectivity index (χ3n) is 4.40. The molecule has 3 heterocycles. The van der Waals surface area contributed by atoms with Crippen molar-refractivity contribution >= 4 is 11.6 Å². The molecule has 2 saturated heterocycles. The summed E-state index contributed by atoms with van der Waals surface area (Å²) in [5, 5.41) is 10.2. The molecule has 0 radical (unpaired) electrons. The van der Waals surface area contributed by atoms with E-state index >= 15 is 0 Å². The van der Waals surface area contributed by atoms with Crippen LogP contribution >= 0.6 is 0 Å². The normalized spacial score (nSPS) is 25.9. The molecular weight excluding hydrogens is 256 g/mol. The molecule has 2 aliphatic heterocycles. The second kappa shape index (κ2) is 5.18. The van der Waals surface area contributed by atoms with Crippen LogP contribution in [0.2, 0.25) is 0 Å². The Bertz CT molecular complexity index is 466. The van der Waals surface area contributed by atoms with Gasteiger partial charge in [-0.15, -0.1) is 0 Å². The zero-order valence-electron chi connectivity index (χ0n) is 11.9. The van der Waals surface area contributed by atoms with Crippen molar-refractivity contribution in [1.82, 2.24) is 9.97 Å². The molecule has 1 aromatic rings. The maximum atomic E-state index is 10.2. The molecule has 110 valence electrons. The summed E-state index contributed by atoms with van der Waals surface area (Å²) in [5.41, 5.74) is 5.44. The number of ether oxygens (including phenoxy) is 1. The van der Waals surface area contributed by atoms with E-state index in [1.54, 1.807) is 0 Å². The summed E-state index contributed by atoms with van der Waals surface area (Å²) in [4.78, 5) is 10.7. The number of hydrogen-bond donors (Lipinski definition) is 2. The summed E-state index contributed by atoms with van der Waals surface area (Å²) < 4.78 is 5.92. The number of hydrogen-bond acceptors (Lipinski definition) is 6. The Morgan fingerprint density at radius 1 is 1.40 bits per heavy atom. The van der Waals surface area contributed by atoms with Crippen molar-refractivity contribution in [3.63, 3.8) is 0 Å². The Hall–Kier alpha value is -1.40. The van der Waals surface area contributed by atoms with Gasteiger partial charge in [-0.2, -0.15) is 0 Å². The van der Waals surface area contributed by atoms with Gasteiger partial charge < -0.3 is 20.5 Å². The van der Waals surface area contributed by atoms with Crippen LogP contribution in [-0.2, 0) is 4.74 Å². The molecule has 2 fully saturated rings. The minimum atomic E-state index is -0.345. The van der Waals surface area contributed by atoms with Crippen LogP contribution in [0.3, 0.4) is 0 Å². The fourth-order valence-corrected chi connectivity index (χ4v) is 3.24. The number of aliphatic hydroxyl groups is 1. The lowest BCUT2D eigenvalue weighted by Crippen LogP contribution is -2.55. The summed E-state index contributed by atoms with van der Waals surface area (Å²) in [6, 6.07) is 1.81. The number of nitrogens with two attached hydrogens (primary N) is 1. The number of nitrogens with zero attached hydrogens (tertiary/aromatic N) is 3. The van der Waals surface area contributed by atoms with Crippen LogP contribution in [0.15, 0.2) is 6.07 Å². The van der Waals surface area contributed by atoms with Crippen molar-refractivity contribution in [3.05, 3.63) is 11.9 Å². The Morgan fingerprint density at radius 2 is 2.15 bits per heavy atom. The summed E-state index contributed by atoms with van der Waals surface area (Å²) in [5.74, 6) is 2.06. The number of rotatable bonds is 1. The fourth-order valence-electron chi connectivity index (χ4n) is 3.24. The van der Waals surface area contributed by atoms with Gasteiger partial charge >= 0.3 is 0 Å². The number of nitrogen functional groups attached to an aromatic ring is 1. The van der Waals surface area contributed by atoms with Crippen molar-refractivity contribution < 1.29 is 9.84 Å². The van der Waals surface area contributed by atoms with E-state index in [-0.39, 0.29) is 11.7 Å². The zero-order valence-corrected chi connectivity index (χ0v) is 11.9. The highest BCUT2D eigenvalue weighted by Gasteiger charge is 2.43. The molecular formula is C14H22N4O2. The quantitative estimate of drug-likeness (QED) is 0.793. The highest BCUT2D eigenvalue weighted by Crippen LogP contribution is 2.36. The third-order valence-corrected chi connectivity index (χ3v) is 4.40. The number of piperidine rings is 1. The lowest BCUT2D eigenvalue weighted by Gasteiger charge is -2.47. The van der Waals surface area contributed by atoms with Crippen LogP contribution in [0.1, 0.15) is 31.5 Å². The van der Waals surface area contributed by atoms with E-state index in [2.05, 4.69) is 14.9 Å². The molecule has 3 rings (SSSR count). The largest absolute Gasteiger partial charge is 0.390 e. The average molecular weight is 278 g/mol. The maximum absolute atomic E-state index is 10.2. The van der Waals surface area contributed by atoms with Crippen molar-refractivity contribution in [3.8, 4) is 0 Å². The average Bonchev–Trinajstić information content (AvgIpc) is 2.42. The Labute approximate surface area is 119 Å². The van der Waals surface area contributed by atoms with Gasteiger partial charge in [-0.05, 0) is 32.6 Å². The van der Waals surface area contributed by atoms with E-state index in [9.17, 15) is 5.11 Å². The van der Waals surface area contributed by atoms with E-state index in [1.165, 1.54) is 0 Å². The first-order valence-corrected chi connectivity index (χ1v) is 7.27. The molecule has 0 unspecified atom stereocenters. The Kier molecular flexibility index (Phi) is 3.52. The predicted molar refractivity (Wildman–Crippen MR) is 76.6 cm³/mol. The number of aromatic nitrogens is 2. The van der Waals surface area contributed by atoms with Gasteiger partial charge in [0, 0.05) is 25.8 Å². The molecule has 6 heteroatoms. The van der Waals surface area contributed by atoms with Gasteiger partial charge in [0.25, 0.3) is 0 Å². The van der Waals surface area contributed by atoms with Gasteiger partial charge in [0.15, 0.2) is 0 Å². The maximum Gasteiger partial charge on any atom is 0.134 e. The zero-order chi connectivity index (χ0) is 14.2. The van der Waals surface area contributed by atoms with E-state index in [4.69, 9.17) is 10.5 Å². The minimum Gasteiger partial charge on any atom is -0.390 e. The molecule has 1 atom stereocenters. The second-order valence-corrected chi connectivity index (χ2v) is 5.76. The number of aliphatic hydroxyl groups excluding tert-OH is 1. The number of aryl methyl sites for hydroxylation is 1. The van der Waals surface area contributed by atoms with E-state index in [1.807, 2.05) is 13.0 Å². The molecule has 3 N–H and O–H groups in total. The third kappa shape index (κ3) is 2.45. The monoisotopic (exact) mass is 278 g/mol. The van der Waals surface area contributed by atoms with Crippen LogP contribution in [-0.4, -0.2) is 46.5 Å². The SMILES string of the molecule is Cc1nc(N)cc(N2CCC3(CC2)OCCC[C@@H]3O)n1. The van der Waals surface area contributed by atoms with Crippen molar-refractivity contribution in [1.29, 1.82) is 0 Å². The molecule has 0 aromatic carbocycles. The first-order valence-electron chi connectivity index (χ1n) is 7.27. The predicted octanol–water partition coefficient (Wildman–Crippen LogP) is 0.878. The standard InChI is InChI=1S/C14H22N4O2/c1-10-16-12(15)9-13(17-10)18-6-4-14(5-7-18)11(19)3-2-8-20-14/h9,11,19H,2-8H2,1H3,(H2,15,16,17)/t11-/m0/s1. The summed E-state index contributed by atoms with van der Waals surface area (Å²) in [7, 11) is 0. The molecule has 0 amide bonds. The Balaban J connectivity index is 1.71. The van der Waals surface area contributed by atoms with Gasteiger partial charge in [-0.1, -0.05) is 0 Å². The molecule has 1 spiro atoms. The second-order valence-electron chi connectivity index (χ2n) is 5.76. The smallest absolute Gasteiger partial charge is 0.134 e. The molecule has 2 aliphatic rings. The fraction of sp³-hybridized carbons (Fsp3) is 0.714. The van der Waals surface area contributed by atoms with Gasteiger partial charge in [0.1, 0.15) is 17.5 Å². The first kappa shape index (κ1) is 13.6. The first-order chi connectivity index (χ1) is 9.59. The van der Waals surface area contributed by atoms with Gasteiger partial charge in [-0.3, -0.25) is 0 Å². The van der Waals surface area contributed by atoms with Crippen molar-refractivity contribution in [2.75, 3.05) is 30.3 Å². The van der Waals surface area contributed by atoms with Gasteiger partial charge in [-0.25, -0.2) is 9.97 Å². The summed E-state index contributed by atoms with van der Waals surface area (Å²) >= 11 is 0. The molecule has 0 bridgehead atoms. The van der Waals surface area contributed by atoms with Crippen LogP contribution in [0, 0.1) is 6.92 Å². The minimum absolute atomic E-state index is 0.337. The molecule has 0 saturated carbocycles. The molecule has 0 aliphatic carbocycles. The molecule has 6 nitrogen and oxygen atoms in total. The van der Waals surface area contributed by atoms with Gasteiger partial charge in [0.2, 0.25) is 0 Å². The van der Waals surface area contributed by atoms with E-state index in [0.717, 1.165) is 51.2 Å². The molecule has 1 aromatic heterocycles. The summed E-state index contributed by atoms with van der Waals surface area (Å²) in [6.45, 7) is 4.26. The lowest BCUT2D eigenvalue weighted by molar-refractivity contribution is -0.164. The number of anilines is 2. The van der Waals surface area contributed by atoms with E-state index in [0.29, 0.717) is 11.6 Å². The summed E-state index contributed by atoms with van der Waals surface area (Å²) in [6.07, 6.45) is 3.12. The van der Waals surface area contributed by atoms with Crippen LogP contribution in [0.25, 0.3) is 0 Å². The van der Waals surface area contributed by atoms with Crippen molar-refractivity contribution in [2.45, 2.75) is 44.3 Å². The highest BCUT2D eigenvalue weighted by molar-refractivity contribution is 5.47. The van der Waals surface area contributed by atoms with Crippen molar-refractivity contribution in [2.24, 2.45) is 0 Å². The highest BCUT2D eigenvalue weighted by atomic mass is 16.5. The topological polar surface area (TPSA) is 84.5 Å². The Morgan fingerprint density at radius 3 is 2.80 bits per heavy atom. The van der Waals surface area contributed by atoms with Crippen LogP contribution in [0.5, 0.6) is 0 Å². The molecule has 20 heavy (non-hydrogen) atoms. The van der Waals surface area contributed by atoms with Gasteiger partial charge in [0.05, 0.1) is 11.7 Å².